The molecule has 0 amide bonds. The highest BCUT2D eigenvalue weighted by Gasteiger charge is 2.22. The predicted octanol–water partition coefficient (Wildman–Crippen LogP) is 5.01. The summed E-state index contributed by atoms with van der Waals surface area (Å²) < 4.78 is 10.7. The van der Waals surface area contributed by atoms with Crippen molar-refractivity contribution in [3.05, 3.63) is 53.1 Å². The molecule has 2 aromatic rings. The molecule has 1 aliphatic heterocycles. The van der Waals surface area contributed by atoms with E-state index in [0.717, 1.165) is 38.0 Å². The standard InChI is InChI=1S/C21H25ClN2O2S/c1-25-19-14-18(20(26-2)13-17(19)22)23-21(27)24-10-8-16(9-11-24)12-15-6-4-3-5-7-15/h3-7,13-14,16H,8-12H2,1-2H3,(H,23,27). The first-order valence-electron chi connectivity index (χ1n) is 9.12. The predicted molar refractivity (Wildman–Crippen MR) is 115 cm³/mol. The summed E-state index contributed by atoms with van der Waals surface area (Å²) >= 11 is 11.8. The van der Waals surface area contributed by atoms with Crippen LogP contribution in [0.1, 0.15) is 18.4 Å². The van der Waals surface area contributed by atoms with Crippen LogP contribution in [0.2, 0.25) is 5.02 Å². The molecule has 1 fully saturated rings. The molecule has 0 unspecified atom stereocenters. The molecular weight excluding hydrogens is 380 g/mol. The summed E-state index contributed by atoms with van der Waals surface area (Å²) in [4.78, 5) is 2.22. The first-order chi connectivity index (χ1) is 13.1. The van der Waals surface area contributed by atoms with E-state index in [1.807, 2.05) is 6.07 Å². The Hall–Kier alpha value is -1.98. The molecule has 3 rings (SSSR count). The van der Waals surface area contributed by atoms with Gasteiger partial charge in [0, 0.05) is 25.2 Å². The maximum Gasteiger partial charge on any atom is 0.173 e. The Labute approximate surface area is 171 Å². The molecule has 0 spiro atoms. The zero-order valence-corrected chi connectivity index (χ0v) is 17.3. The highest BCUT2D eigenvalue weighted by Crippen LogP contribution is 2.36. The van der Waals surface area contributed by atoms with Crippen LogP contribution in [-0.4, -0.2) is 37.3 Å². The van der Waals surface area contributed by atoms with Crippen molar-refractivity contribution in [1.29, 1.82) is 0 Å². The Balaban J connectivity index is 1.58. The Morgan fingerprint density at radius 3 is 2.41 bits per heavy atom. The summed E-state index contributed by atoms with van der Waals surface area (Å²) in [6.07, 6.45) is 3.41. The summed E-state index contributed by atoms with van der Waals surface area (Å²) in [6, 6.07) is 14.2. The molecule has 1 aliphatic rings. The third-order valence-corrected chi connectivity index (χ3v) is 5.64. The van der Waals surface area contributed by atoms with Crippen LogP contribution in [-0.2, 0) is 6.42 Å². The molecule has 0 radical (unpaired) electrons. The summed E-state index contributed by atoms with van der Waals surface area (Å²) in [7, 11) is 3.20. The summed E-state index contributed by atoms with van der Waals surface area (Å²) in [5, 5.41) is 4.50. The largest absolute Gasteiger partial charge is 0.495 e. The van der Waals surface area contributed by atoms with E-state index >= 15 is 0 Å². The van der Waals surface area contributed by atoms with Gasteiger partial charge in [-0.15, -0.1) is 0 Å². The van der Waals surface area contributed by atoms with Crippen molar-refractivity contribution in [2.75, 3.05) is 32.6 Å². The van der Waals surface area contributed by atoms with Crippen molar-refractivity contribution >= 4 is 34.6 Å². The average Bonchev–Trinajstić information content (AvgIpc) is 2.70. The number of anilines is 1. The summed E-state index contributed by atoms with van der Waals surface area (Å²) in [6.45, 7) is 1.91. The van der Waals surface area contributed by atoms with Gasteiger partial charge < -0.3 is 19.7 Å². The maximum atomic E-state index is 6.17. The van der Waals surface area contributed by atoms with Crippen LogP contribution in [0.25, 0.3) is 0 Å². The fourth-order valence-corrected chi connectivity index (χ4v) is 3.96. The van der Waals surface area contributed by atoms with Gasteiger partial charge in [0.05, 0.1) is 24.9 Å². The van der Waals surface area contributed by atoms with Crippen LogP contribution >= 0.6 is 23.8 Å². The molecule has 0 atom stereocenters. The van der Waals surface area contributed by atoms with Crippen molar-refractivity contribution in [2.24, 2.45) is 5.92 Å². The minimum atomic E-state index is 0.507. The number of hydrogen-bond acceptors (Lipinski definition) is 3. The third kappa shape index (κ3) is 5.05. The Morgan fingerprint density at radius 1 is 1.11 bits per heavy atom. The van der Waals surface area contributed by atoms with Crippen LogP contribution in [0.4, 0.5) is 5.69 Å². The van der Waals surface area contributed by atoms with Crippen LogP contribution in [0.5, 0.6) is 11.5 Å². The van der Waals surface area contributed by atoms with Crippen LogP contribution in [0.15, 0.2) is 42.5 Å². The molecule has 0 bridgehead atoms. The van der Waals surface area contributed by atoms with E-state index in [1.165, 1.54) is 5.56 Å². The van der Waals surface area contributed by atoms with Gasteiger partial charge in [-0.2, -0.15) is 0 Å². The van der Waals surface area contributed by atoms with E-state index in [4.69, 9.17) is 33.3 Å². The molecular formula is C21H25ClN2O2S. The number of nitrogens with one attached hydrogen (secondary N) is 1. The zero-order valence-electron chi connectivity index (χ0n) is 15.7. The van der Waals surface area contributed by atoms with E-state index in [1.54, 1.807) is 20.3 Å². The lowest BCUT2D eigenvalue weighted by Crippen LogP contribution is -2.41. The summed E-state index contributed by atoms with van der Waals surface area (Å²) in [5.41, 5.74) is 2.17. The third-order valence-electron chi connectivity index (χ3n) is 4.98. The number of piperidine rings is 1. The first-order valence-corrected chi connectivity index (χ1v) is 9.90. The first kappa shape index (κ1) is 19.8. The second-order valence-corrected chi connectivity index (χ2v) is 7.53. The molecule has 1 heterocycles. The van der Waals surface area contributed by atoms with Crippen LogP contribution < -0.4 is 14.8 Å². The van der Waals surface area contributed by atoms with Crippen LogP contribution in [0.3, 0.4) is 0 Å². The monoisotopic (exact) mass is 404 g/mol. The average molecular weight is 405 g/mol. The molecule has 144 valence electrons. The SMILES string of the molecule is COc1cc(NC(=S)N2CCC(Cc3ccccc3)CC2)c(OC)cc1Cl. The Bertz CT molecular complexity index is 777. The normalized spacial score (nSPS) is 14.7. The van der Waals surface area contributed by atoms with Gasteiger partial charge in [0.25, 0.3) is 0 Å². The minimum absolute atomic E-state index is 0.507. The van der Waals surface area contributed by atoms with E-state index in [9.17, 15) is 0 Å². The second-order valence-electron chi connectivity index (χ2n) is 6.74. The maximum absolute atomic E-state index is 6.17. The van der Waals surface area contributed by atoms with E-state index < -0.39 is 0 Å². The number of rotatable bonds is 5. The molecule has 1 saturated heterocycles. The van der Waals surface area contributed by atoms with Crippen LogP contribution in [0, 0.1) is 5.92 Å². The zero-order chi connectivity index (χ0) is 19.2. The lowest BCUT2D eigenvalue weighted by atomic mass is 9.90. The Kier molecular flexibility index (Phi) is 6.80. The molecule has 0 aromatic heterocycles. The van der Waals surface area contributed by atoms with Gasteiger partial charge in [-0.05, 0) is 43.0 Å². The van der Waals surface area contributed by atoms with Gasteiger partial charge in [-0.25, -0.2) is 0 Å². The number of ether oxygens (including phenoxy) is 2. The van der Waals surface area contributed by atoms with E-state index in [-0.39, 0.29) is 0 Å². The van der Waals surface area contributed by atoms with Gasteiger partial charge in [0.2, 0.25) is 0 Å². The van der Waals surface area contributed by atoms with Gasteiger partial charge >= 0.3 is 0 Å². The molecule has 0 saturated carbocycles. The molecule has 4 nitrogen and oxygen atoms in total. The molecule has 0 aliphatic carbocycles. The lowest BCUT2D eigenvalue weighted by molar-refractivity contribution is 0.268. The molecule has 27 heavy (non-hydrogen) atoms. The van der Waals surface area contributed by atoms with Crippen molar-refractivity contribution in [3.8, 4) is 11.5 Å². The lowest BCUT2D eigenvalue weighted by Gasteiger charge is -2.34. The van der Waals surface area contributed by atoms with Gasteiger partial charge in [-0.3, -0.25) is 0 Å². The summed E-state index contributed by atoms with van der Waals surface area (Å²) in [5.74, 6) is 1.93. The van der Waals surface area contributed by atoms with Crippen molar-refractivity contribution in [2.45, 2.75) is 19.3 Å². The number of thiocarbonyl (C=S) groups is 1. The number of halogens is 1. The van der Waals surface area contributed by atoms with Crippen molar-refractivity contribution in [3.63, 3.8) is 0 Å². The van der Waals surface area contributed by atoms with Crippen molar-refractivity contribution < 1.29 is 9.47 Å². The van der Waals surface area contributed by atoms with E-state index in [2.05, 4.69) is 40.5 Å². The molecule has 2 aromatic carbocycles. The molecule has 1 N–H and O–H groups in total. The number of hydrogen-bond donors (Lipinski definition) is 1. The fraction of sp³-hybridized carbons (Fsp3) is 0.381. The topological polar surface area (TPSA) is 33.7 Å². The fourth-order valence-electron chi connectivity index (χ4n) is 3.44. The minimum Gasteiger partial charge on any atom is -0.495 e. The van der Waals surface area contributed by atoms with Gasteiger partial charge in [0.1, 0.15) is 11.5 Å². The van der Waals surface area contributed by atoms with Gasteiger partial charge in [0.15, 0.2) is 5.11 Å². The van der Waals surface area contributed by atoms with E-state index in [0.29, 0.717) is 27.6 Å². The number of nitrogens with zero attached hydrogens (tertiary/aromatic N) is 1. The van der Waals surface area contributed by atoms with Gasteiger partial charge in [-0.1, -0.05) is 41.9 Å². The second kappa shape index (κ2) is 9.29. The Morgan fingerprint density at radius 2 is 1.78 bits per heavy atom. The smallest absolute Gasteiger partial charge is 0.173 e. The number of methoxy groups -OCH3 is 2. The highest BCUT2D eigenvalue weighted by molar-refractivity contribution is 7.80. The molecule has 6 heteroatoms. The quantitative estimate of drug-likeness (QED) is 0.708. The van der Waals surface area contributed by atoms with Crippen molar-refractivity contribution in [1.82, 2.24) is 4.90 Å². The number of likely N-dealkylation sites (tertiary alicyclic amines) is 1. The number of benzene rings is 2. The highest BCUT2D eigenvalue weighted by atomic mass is 35.5.